The van der Waals surface area contributed by atoms with Crippen molar-refractivity contribution in [3.8, 4) is 0 Å². The zero-order valence-corrected chi connectivity index (χ0v) is 30.3. The Morgan fingerprint density at radius 1 is 0.373 bits per heavy atom. The molecule has 1 aliphatic rings. The average Bonchev–Trinajstić information content (AvgIpc) is 3.57. The summed E-state index contributed by atoms with van der Waals surface area (Å²) in [6, 6.07) is 30.5. The number of benzene rings is 6. The van der Waals surface area contributed by atoms with Crippen LogP contribution in [-0.4, -0.2) is 15.8 Å². The van der Waals surface area contributed by atoms with E-state index < -0.39 is 71.1 Å². The Hall–Kier alpha value is -6.05. The Kier molecular flexibility index (Phi) is 10.9. The molecule has 0 spiro atoms. The second-order valence-corrected chi connectivity index (χ2v) is 14.0. The molecule has 2 nitrogen and oxygen atoms in total. The van der Waals surface area contributed by atoms with E-state index in [2.05, 4.69) is 0 Å². The van der Waals surface area contributed by atoms with Crippen LogP contribution in [0.3, 0.4) is 0 Å². The molecule has 7 rings (SSSR count). The summed E-state index contributed by atoms with van der Waals surface area (Å²) in [5.74, 6) is 0. The van der Waals surface area contributed by atoms with Gasteiger partial charge in [-0.1, -0.05) is 109 Å². The summed E-state index contributed by atoms with van der Waals surface area (Å²) in [6.07, 6.45) is -17.2. The van der Waals surface area contributed by atoms with E-state index in [9.17, 15) is 52.7 Å². The van der Waals surface area contributed by atoms with Crippen LogP contribution in [0.5, 0.6) is 0 Å². The highest BCUT2D eigenvalue weighted by Crippen LogP contribution is 2.50. The van der Waals surface area contributed by atoms with Crippen LogP contribution in [0.4, 0.5) is 52.7 Å². The zero-order chi connectivity index (χ0) is 42.3. The Bertz CT molecular complexity index is 2250. The van der Waals surface area contributed by atoms with E-state index in [1.807, 2.05) is 0 Å². The molecule has 6 aromatic carbocycles. The maximum Gasteiger partial charge on any atom is 0.416 e. The Morgan fingerprint density at radius 2 is 0.678 bits per heavy atom. The molecule has 0 fully saturated rings. The SMILES string of the molecule is FC(F)(F)c1ccc(C(c2ccc(C(F)(F)F)cc2)N2C=[N+](C(c3ccc(C(F)(F)F)cc3)c3ccc(C(F)(F)F)cc3)[C@@H](c3ccccc3)[C@@H]2c2ccccc2)cc1. The number of alkyl halides is 12. The van der Waals surface area contributed by atoms with Crippen molar-refractivity contribution in [2.75, 3.05) is 0 Å². The van der Waals surface area contributed by atoms with Crippen LogP contribution in [0.25, 0.3) is 0 Å². The van der Waals surface area contributed by atoms with Gasteiger partial charge in [0.25, 0.3) is 0 Å². The first kappa shape index (κ1) is 41.1. The second-order valence-electron chi connectivity index (χ2n) is 14.0. The molecule has 1 aliphatic heterocycles. The molecular formula is C45H31F12N2+. The predicted octanol–water partition coefficient (Wildman–Crippen LogP) is 13.5. The lowest BCUT2D eigenvalue weighted by atomic mass is 9.87. The summed E-state index contributed by atoms with van der Waals surface area (Å²) in [4.78, 5) is 1.76. The van der Waals surface area contributed by atoms with Gasteiger partial charge < -0.3 is 0 Å². The lowest BCUT2D eigenvalue weighted by Gasteiger charge is -2.31. The fourth-order valence-corrected chi connectivity index (χ4v) is 7.58. The zero-order valence-electron chi connectivity index (χ0n) is 30.3. The minimum Gasteiger partial charge on any atom is -0.245 e. The van der Waals surface area contributed by atoms with Crippen molar-refractivity contribution in [3.05, 3.63) is 213 Å². The molecule has 0 N–H and O–H groups in total. The topological polar surface area (TPSA) is 6.25 Å². The third kappa shape index (κ3) is 8.72. The van der Waals surface area contributed by atoms with Crippen LogP contribution in [0, 0.1) is 0 Å². The van der Waals surface area contributed by atoms with Gasteiger partial charge in [-0.25, -0.2) is 9.48 Å². The molecule has 0 aromatic heterocycles. The largest absolute Gasteiger partial charge is 0.416 e. The molecule has 0 radical (unpaired) electrons. The van der Waals surface area contributed by atoms with Crippen LogP contribution >= 0.6 is 0 Å². The molecule has 0 bridgehead atoms. The standard InChI is InChI=1S/C45H31F12N2/c46-42(47,48)34-19-11-30(12-20-34)38(31-13-21-35(22-14-31)43(49,50)51)58-27-59(41(29-9-5-2-6-10-29)40(58)28-7-3-1-4-8-28)39(32-15-23-36(24-16-32)44(52,53)54)33-17-25-37(26-18-33)45(55,56)57/h1-27,38-41H/q+1/t40-,41-/m0/s1. The number of nitrogens with zero attached hydrogens (tertiary/aromatic N) is 2. The summed E-state index contributed by atoms with van der Waals surface area (Å²) in [7, 11) is 0. The number of hydrogen-bond acceptors (Lipinski definition) is 1. The van der Waals surface area contributed by atoms with Gasteiger partial charge >= 0.3 is 24.7 Å². The Balaban J connectivity index is 1.52. The first-order chi connectivity index (χ1) is 27.8. The van der Waals surface area contributed by atoms with Crippen LogP contribution in [0.2, 0.25) is 0 Å². The highest BCUT2D eigenvalue weighted by molar-refractivity contribution is 5.59. The van der Waals surface area contributed by atoms with Crippen molar-refractivity contribution < 1.29 is 57.3 Å². The van der Waals surface area contributed by atoms with Gasteiger partial charge in [-0.05, 0) is 48.5 Å². The molecule has 0 unspecified atom stereocenters. The molecule has 14 heteroatoms. The lowest BCUT2D eigenvalue weighted by Crippen LogP contribution is -2.31. The van der Waals surface area contributed by atoms with Crippen LogP contribution in [0.1, 0.15) is 79.8 Å². The van der Waals surface area contributed by atoms with Gasteiger partial charge in [0, 0.05) is 33.4 Å². The van der Waals surface area contributed by atoms with E-state index >= 15 is 0 Å². The second kappa shape index (κ2) is 15.6. The van der Waals surface area contributed by atoms with Crippen molar-refractivity contribution >= 4 is 6.34 Å². The Labute approximate surface area is 330 Å². The maximum absolute atomic E-state index is 13.8. The summed E-state index contributed by atoms with van der Waals surface area (Å²) >= 11 is 0. The van der Waals surface area contributed by atoms with Crippen molar-refractivity contribution in [2.45, 2.75) is 48.9 Å². The van der Waals surface area contributed by atoms with Crippen LogP contribution in [-0.2, 0) is 24.7 Å². The Morgan fingerprint density at radius 3 is 1.00 bits per heavy atom. The third-order valence-electron chi connectivity index (χ3n) is 10.3. The summed E-state index contributed by atoms with van der Waals surface area (Å²) in [5.41, 5.74) is -1.57. The molecular weight excluding hydrogens is 796 g/mol. The van der Waals surface area contributed by atoms with Crippen molar-refractivity contribution in [3.63, 3.8) is 0 Å². The monoisotopic (exact) mass is 827 g/mol. The summed E-state index contributed by atoms with van der Waals surface area (Å²) < 4.78 is 168. The molecule has 0 saturated carbocycles. The highest BCUT2D eigenvalue weighted by atomic mass is 19.4. The number of halogens is 12. The lowest BCUT2D eigenvalue weighted by molar-refractivity contribution is -0.596. The summed E-state index contributed by atoms with van der Waals surface area (Å²) in [6.45, 7) is 0. The first-order valence-electron chi connectivity index (χ1n) is 18.0. The molecule has 304 valence electrons. The molecule has 59 heavy (non-hydrogen) atoms. The molecule has 1 heterocycles. The van der Waals surface area contributed by atoms with E-state index in [0.29, 0.717) is 11.1 Å². The quantitative estimate of drug-likeness (QED) is 0.109. The van der Waals surface area contributed by atoms with E-state index in [1.54, 1.807) is 76.5 Å². The normalized spacial score (nSPS) is 16.5. The molecule has 2 atom stereocenters. The van der Waals surface area contributed by atoms with Gasteiger partial charge in [0.1, 0.15) is 12.1 Å². The number of rotatable bonds is 8. The fraction of sp³-hybridized carbons (Fsp3) is 0.178. The summed E-state index contributed by atoms with van der Waals surface area (Å²) in [5, 5.41) is 0. The maximum atomic E-state index is 13.8. The number of hydrogen-bond donors (Lipinski definition) is 0. The van der Waals surface area contributed by atoms with Crippen molar-refractivity contribution in [1.29, 1.82) is 0 Å². The smallest absolute Gasteiger partial charge is 0.245 e. The van der Waals surface area contributed by atoms with Crippen LogP contribution < -0.4 is 0 Å². The highest BCUT2D eigenvalue weighted by Gasteiger charge is 2.51. The van der Waals surface area contributed by atoms with E-state index in [-0.39, 0.29) is 22.3 Å². The minimum absolute atomic E-state index is 0.254. The molecule has 6 aromatic rings. The van der Waals surface area contributed by atoms with E-state index in [0.717, 1.165) is 48.5 Å². The minimum atomic E-state index is -4.71. The fourth-order valence-electron chi connectivity index (χ4n) is 7.58. The van der Waals surface area contributed by atoms with Crippen molar-refractivity contribution in [2.24, 2.45) is 0 Å². The third-order valence-corrected chi connectivity index (χ3v) is 10.3. The van der Waals surface area contributed by atoms with Gasteiger partial charge in [0.05, 0.1) is 22.3 Å². The predicted molar refractivity (Wildman–Crippen MR) is 196 cm³/mol. The van der Waals surface area contributed by atoms with Gasteiger partial charge in [-0.15, -0.1) is 0 Å². The van der Waals surface area contributed by atoms with Gasteiger partial charge in [0.2, 0.25) is 6.34 Å². The van der Waals surface area contributed by atoms with Crippen molar-refractivity contribution in [1.82, 2.24) is 4.90 Å². The average molecular weight is 828 g/mol. The van der Waals surface area contributed by atoms with E-state index in [1.165, 1.54) is 48.5 Å². The first-order valence-corrected chi connectivity index (χ1v) is 18.0. The van der Waals surface area contributed by atoms with E-state index in [4.69, 9.17) is 0 Å². The van der Waals surface area contributed by atoms with Gasteiger partial charge in [0.15, 0.2) is 12.1 Å². The van der Waals surface area contributed by atoms with Gasteiger partial charge in [-0.2, -0.15) is 52.7 Å². The van der Waals surface area contributed by atoms with Gasteiger partial charge in [-0.3, -0.25) is 0 Å². The molecule has 0 amide bonds. The molecule has 0 aliphatic carbocycles. The molecule has 0 saturated heterocycles. The van der Waals surface area contributed by atoms with Crippen LogP contribution in [0.15, 0.2) is 158 Å².